The van der Waals surface area contributed by atoms with Gasteiger partial charge in [-0.1, -0.05) is 29.3 Å². The normalized spacial score (nSPS) is 19.0. The number of halogens is 2. The molecule has 1 unspecified atom stereocenters. The Bertz CT molecular complexity index is 732. The van der Waals surface area contributed by atoms with Gasteiger partial charge in [0.05, 0.1) is 12.3 Å². The van der Waals surface area contributed by atoms with E-state index < -0.39 is 10.0 Å². The molecule has 1 aromatic carbocycles. The summed E-state index contributed by atoms with van der Waals surface area (Å²) in [4.78, 5) is 4.39. The predicted molar refractivity (Wildman–Crippen MR) is 104 cm³/mol. The van der Waals surface area contributed by atoms with E-state index in [2.05, 4.69) is 10.3 Å². The van der Waals surface area contributed by atoms with Gasteiger partial charge >= 0.3 is 0 Å². The minimum atomic E-state index is -3.10. The fourth-order valence-electron chi connectivity index (χ4n) is 2.85. The monoisotopic (exact) mass is 406 g/mol. The number of guanidine groups is 1. The van der Waals surface area contributed by atoms with Crippen LogP contribution in [0, 0.1) is 5.92 Å². The predicted octanol–water partition coefficient (Wildman–Crippen LogP) is 2.63. The number of benzene rings is 1. The second kappa shape index (κ2) is 8.58. The van der Waals surface area contributed by atoms with Crippen LogP contribution in [0.4, 0.5) is 0 Å². The lowest BCUT2D eigenvalue weighted by molar-refractivity contribution is 0.280. The number of hydrogen-bond acceptors (Lipinski definition) is 3. The third-order valence-corrected chi connectivity index (χ3v) is 6.22. The smallest absolute Gasteiger partial charge is 0.211 e. The average molecular weight is 407 g/mol. The summed E-state index contributed by atoms with van der Waals surface area (Å²) < 4.78 is 24.5. The SMILES string of the molecule is CC(NC(N)=NCC1CCN(S(C)(=O)=O)CC1)c1ccc(Cl)cc1Cl. The molecule has 0 bridgehead atoms. The highest BCUT2D eigenvalue weighted by atomic mass is 35.5. The summed E-state index contributed by atoms with van der Waals surface area (Å²) in [6.45, 7) is 3.62. The van der Waals surface area contributed by atoms with Gasteiger partial charge in [0.2, 0.25) is 10.0 Å². The molecule has 0 radical (unpaired) electrons. The standard InChI is InChI=1S/C16H24Cl2N4O2S/c1-11(14-4-3-13(17)9-15(14)18)21-16(19)20-10-12-5-7-22(8-6-12)25(2,23)24/h3-4,9,11-12H,5-8,10H2,1-2H3,(H3,19,20,21). The van der Waals surface area contributed by atoms with E-state index in [-0.39, 0.29) is 6.04 Å². The van der Waals surface area contributed by atoms with Crippen LogP contribution < -0.4 is 11.1 Å². The largest absolute Gasteiger partial charge is 0.370 e. The summed E-state index contributed by atoms with van der Waals surface area (Å²) in [5.41, 5.74) is 6.86. The van der Waals surface area contributed by atoms with E-state index in [1.165, 1.54) is 10.6 Å². The van der Waals surface area contributed by atoms with Gasteiger partial charge in [0, 0.05) is 29.7 Å². The van der Waals surface area contributed by atoms with Crippen LogP contribution in [0.2, 0.25) is 10.0 Å². The van der Waals surface area contributed by atoms with Crippen LogP contribution in [0.5, 0.6) is 0 Å². The van der Waals surface area contributed by atoms with Crippen molar-refractivity contribution in [3.05, 3.63) is 33.8 Å². The Morgan fingerprint density at radius 1 is 1.40 bits per heavy atom. The molecule has 1 aromatic rings. The maximum absolute atomic E-state index is 11.5. The Morgan fingerprint density at radius 3 is 2.60 bits per heavy atom. The van der Waals surface area contributed by atoms with Crippen LogP contribution >= 0.6 is 23.2 Å². The van der Waals surface area contributed by atoms with Gasteiger partial charge in [0.15, 0.2) is 5.96 Å². The van der Waals surface area contributed by atoms with Gasteiger partial charge < -0.3 is 11.1 Å². The first-order valence-electron chi connectivity index (χ1n) is 8.13. The second-order valence-electron chi connectivity index (χ2n) is 6.36. The molecule has 0 amide bonds. The van der Waals surface area contributed by atoms with Crippen LogP contribution in [-0.4, -0.2) is 44.6 Å². The first-order valence-corrected chi connectivity index (χ1v) is 10.7. The van der Waals surface area contributed by atoms with Crippen LogP contribution in [0.25, 0.3) is 0 Å². The molecule has 1 fully saturated rings. The van der Waals surface area contributed by atoms with E-state index in [1.54, 1.807) is 12.1 Å². The van der Waals surface area contributed by atoms with Crippen molar-refractivity contribution >= 4 is 39.2 Å². The maximum atomic E-state index is 11.5. The first-order chi connectivity index (χ1) is 11.7. The number of nitrogens with one attached hydrogen (secondary N) is 1. The van der Waals surface area contributed by atoms with Crippen molar-refractivity contribution in [3.8, 4) is 0 Å². The van der Waals surface area contributed by atoms with Crippen LogP contribution in [0.3, 0.4) is 0 Å². The highest BCUT2D eigenvalue weighted by Gasteiger charge is 2.24. The molecule has 6 nitrogen and oxygen atoms in total. The molecule has 0 aromatic heterocycles. The van der Waals surface area contributed by atoms with Crippen molar-refractivity contribution in [2.24, 2.45) is 16.6 Å². The van der Waals surface area contributed by atoms with Crippen molar-refractivity contribution < 1.29 is 8.42 Å². The Kier molecular flexibility index (Phi) is 6.96. The molecule has 25 heavy (non-hydrogen) atoms. The van der Waals surface area contributed by atoms with Crippen molar-refractivity contribution in [1.29, 1.82) is 0 Å². The van der Waals surface area contributed by atoms with Gasteiger partial charge in [0.1, 0.15) is 0 Å². The van der Waals surface area contributed by atoms with Crippen LogP contribution in [-0.2, 0) is 10.0 Å². The summed E-state index contributed by atoms with van der Waals surface area (Å²) in [7, 11) is -3.10. The van der Waals surface area contributed by atoms with Crippen molar-refractivity contribution in [2.75, 3.05) is 25.9 Å². The summed E-state index contributed by atoms with van der Waals surface area (Å²) in [5.74, 6) is 0.692. The zero-order valence-electron chi connectivity index (χ0n) is 14.4. The van der Waals surface area contributed by atoms with E-state index in [0.717, 1.165) is 18.4 Å². The fourth-order valence-corrected chi connectivity index (χ4v) is 4.30. The van der Waals surface area contributed by atoms with Gasteiger partial charge in [-0.25, -0.2) is 12.7 Å². The van der Waals surface area contributed by atoms with Crippen molar-refractivity contribution in [1.82, 2.24) is 9.62 Å². The van der Waals surface area contributed by atoms with E-state index >= 15 is 0 Å². The molecule has 1 aliphatic rings. The zero-order chi connectivity index (χ0) is 18.6. The summed E-state index contributed by atoms with van der Waals surface area (Å²) in [6.07, 6.45) is 2.83. The average Bonchev–Trinajstić information content (AvgIpc) is 2.52. The van der Waals surface area contributed by atoms with Crippen molar-refractivity contribution in [2.45, 2.75) is 25.8 Å². The van der Waals surface area contributed by atoms with E-state index in [4.69, 9.17) is 28.9 Å². The summed E-state index contributed by atoms with van der Waals surface area (Å²) in [6, 6.07) is 5.24. The number of aliphatic imine (C=N–C) groups is 1. The lowest BCUT2D eigenvalue weighted by Gasteiger charge is -2.29. The van der Waals surface area contributed by atoms with E-state index in [0.29, 0.717) is 41.6 Å². The number of nitrogens with zero attached hydrogens (tertiary/aromatic N) is 2. The highest BCUT2D eigenvalue weighted by Crippen LogP contribution is 2.26. The summed E-state index contributed by atoms with van der Waals surface area (Å²) in [5, 5.41) is 4.29. The number of piperidine rings is 1. The Morgan fingerprint density at radius 2 is 2.04 bits per heavy atom. The number of hydrogen-bond donors (Lipinski definition) is 2. The molecule has 0 spiro atoms. The maximum Gasteiger partial charge on any atom is 0.211 e. The molecule has 1 atom stereocenters. The van der Waals surface area contributed by atoms with Crippen LogP contribution in [0.15, 0.2) is 23.2 Å². The van der Waals surface area contributed by atoms with Gasteiger partial charge in [0.25, 0.3) is 0 Å². The Labute approximate surface area is 159 Å². The molecule has 3 N–H and O–H groups in total. The lowest BCUT2D eigenvalue weighted by atomic mass is 9.98. The third-order valence-electron chi connectivity index (χ3n) is 4.36. The molecule has 0 saturated carbocycles. The highest BCUT2D eigenvalue weighted by molar-refractivity contribution is 7.88. The Hall–Kier alpha value is -1.02. The Balaban J connectivity index is 1.86. The molecule has 2 rings (SSSR count). The van der Waals surface area contributed by atoms with Crippen LogP contribution in [0.1, 0.15) is 31.4 Å². The fraction of sp³-hybridized carbons (Fsp3) is 0.562. The zero-order valence-corrected chi connectivity index (χ0v) is 16.7. The molecule has 140 valence electrons. The minimum absolute atomic E-state index is 0.0967. The number of nitrogens with two attached hydrogens (primary N) is 1. The minimum Gasteiger partial charge on any atom is -0.370 e. The quantitative estimate of drug-likeness (QED) is 0.580. The van der Waals surface area contributed by atoms with Gasteiger partial charge in [-0.2, -0.15) is 0 Å². The lowest BCUT2D eigenvalue weighted by Crippen LogP contribution is -2.39. The summed E-state index contributed by atoms with van der Waals surface area (Å²) >= 11 is 12.1. The third kappa shape index (κ3) is 6.02. The molecule has 1 aliphatic heterocycles. The number of sulfonamides is 1. The number of rotatable bonds is 5. The molecular formula is C16H24Cl2N4O2S. The molecular weight excluding hydrogens is 383 g/mol. The van der Waals surface area contributed by atoms with Gasteiger partial charge in [-0.15, -0.1) is 0 Å². The first kappa shape index (κ1) is 20.3. The second-order valence-corrected chi connectivity index (χ2v) is 9.19. The topological polar surface area (TPSA) is 87.8 Å². The van der Waals surface area contributed by atoms with Gasteiger partial charge in [-0.3, -0.25) is 4.99 Å². The van der Waals surface area contributed by atoms with Gasteiger partial charge in [-0.05, 0) is 43.4 Å². The van der Waals surface area contributed by atoms with E-state index in [1.807, 2.05) is 13.0 Å². The van der Waals surface area contributed by atoms with Crippen molar-refractivity contribution in [3.63, 3.8) is 0 Å². The molecule has 1 heterocycles. The molecule has 0 aliphatic carbocycles. The van der Waals surface area contributed by atoms with E-state index in [9.17, 15) is 8.42 Å². The molecule has 1 saturated heterocycles. The molecule has 9 heteroatoms.